The molecule has 2 rings (SSSR count). The lowest BCUT2D eigenvalue weighted by atomic mass is 10.1. The van der Waals surface area contributed by atoms with Crippen LogP contribution in [-0.4, -0.2) is 49.1 Å². The molecule has 0 aromatic heterocycles. The van der Waals surface area contributed by atoms with Gasteiger partial charge in [-0.1, -0.05) is 29.8 Å². The average Bonchev–Trinajstić information content (AvgIpc) is 2.49. The van der Waals surface area contributed by atoms with E-state index in [1.807, 2.05) is 31.2 Å². The molecular weight excluding hydrogens is 268 g/mol. The fraction of sp³-hybridized carbons (Fsp3) is 0.500. The molecule has 1 aromatic rings. The van der Waals surface area contributed by atoms with E-state index in [9.17, 15) is 9.59 Å². The smallest absolute Gasteiger partial charge is 0.245 e. The minimum Gasteiger partial charge on any atom is -0.378 e. The van der Waals surface area contributed by atoms with E-state index in [-0.39, 0.29) is 11.8 Å². The van der Waals surface area contributed by atoms with Crippen molar-refractivity contribution in [1.82, 2.24) is 10.2 Å². The van der Waals surface area contributed by atoms with Gasteiger partial charge in [0, 0.05) is 13.1 Å². The van der Waals surface area contributed by atoms with Crippen molar-refractivity contribution in [3.8, 4) is 0 Å². The first-order valence-electron chi connectivity index (χ1n) is 7.27. The number of rotatable bonds is 4. The molecule has 0 radical (unpaired) electrons. The Kier molecular flexibility index (Phi) is 5.33. The van der Waals surface area contributed by atoms with Crippen molar-refractivity contribution in [2.45, 2.75) is 26.3 Å². The Labute approximate surface area is 125 Å². The molecule has 1 saturated heterocycles. The summed E-state index contributed by atoms with van der Waals surface area (Å²) in [6.45, 7) is 6.05. The molecule has 0 saturated carbocycles. The molecule has 1 fully saturated rings. The van der Waals surface area contributed by atoms with E-state index < -0.39 is 6.04 Å². The molecule has 5 nitrogen and oxygen atoms in total. The summed E-state index contributed by atoms with van der Waals surface area (Å²) in [5, 5.41) is 2.77. The van der Waals surface area contributed by atoms with Crippen molar-refractivity contribution in [3.63, 3.8) is 0 Å². The van der Waals surface area contributed by atoms with Gasteiger partial charge in [0.15, 0.2) is 0 Å². The summed E-state index contributed by atoms with van der Waals surface area (Å²) in [5.74, 6) is -0.177. The molecule has 0 spiro atoms. The third kappa shape index (κ3) is 4.56. The summed E-state index contributed by atoms with van der Waals surface area (Å²) in [6.07, 6.45) is 0.293. The molecule has 0 aliphatic carbocycles. The lowest BCUT2D eigenvalue weighted by molar-refractivity contribution is -0.139. The van der Waals surface area contributed by atoms with Crippen molar-refractivity contribution in [2.75, 3.05) is 26.3 Å². The van der Waals surface area contributed by atoms with Gasteiger partial charge in [0.2, 0.25) is 11.8 Å². The summed E-state index contributed by atoms with van der Waals surface area (Å²) in [6, 6.07) is 7.32. The molecule has 1 atom stereocenters. The highest BCUT2D eigenvalue weighted by Crippen LogP contribution is 2.05. The normalized spacial score (nSPS) is 16.4. The molecule has 0 unspecified atom stereocenters. The Balaban J connectivity index is 1.83. The van der Waals surface area contributed by atoms with Crippen molar-refractivity contribution in [2.24, 2.45) is 0 Å². The predicted octanol–water partition coefficient (Wildman–Crippen LogP) is 0.901. The van der Waals surface area contributed by atoms with Crippen LogP contribution in [0.25, 0.3) is 0 Å². The van der Waals surface area contributed by atoms with Gasteiger partial charge in [-0.2, -0.15) is 0 Å². The van der Waals surface area contributed by atoms with E-state index in [4.69, 9.17) is 4.74 Å². The van der Waals surface area contributed by atoms with Crippen LogP contribution in [0.2, 0.25) is 0 Å². The van der Waals surface area contributed by atoms with Crippen LogP contribution in [0.5, 0.6) is 0 Å². The second kappa shape index (κ2) is 7.22. The first-order valence-corrected chi connectivity index (χ1v) is 7.27. The second-order valence-electron chi connectivity index (χ2n) is 5.39. The van der Waals surface area contributed by atoms with Gasteiger partial charge in [0.1, 0.15) is 6.04 Å². The molecule has 114 valence electrons. The standard InChI is InChI=1S/C16H22N2O3/c1-12-3-5-14(6-4-12)11-15(19)17-13(2)16(20)18-7-9-21-10-8-18/h3-6,13H,7-11H2,1-2H3,(H,17,19)/t13-/m1/s1. The van der Waals surface area contributed by atoms with Crippen LogP contribution in [-0.2, 0) is 20.7 Å². The Morgan fingerprint density at radius 1 is 1.24 bits per heavy atom. The number of nitrogens with one attached hydrogen (secondary N) is 1. The van der Waals surface area contributed by atoms with Crippen molar-refractivity contribution >= 4 is 11.8 Å². The lowest BCUT2D eigenvalue weighted by Crippen LogP contribution is -2.50. The lowest BCUT2D eigenvalue weighted by Gasteiger charge is -2.29. The minimum absolute atomic E-state index is 0.0458. The first kappa shape index (κ1) is 15.5. The SMILES string of the molecule is Cc1ccc(CC(=O)N[C@H](C)C(=O)N2CCOCC2)cc1. The monoisotopic (exact) mass is 290 g/mol. The topological polar surface area (TPSA) is 58.6 Å². The molecule has 21 heavy (non-hydrogen) atoms. The van der Waals surface area contributed by atoms with E-state index in [2.05, 4.69) is 5.32 Å². The van der Waals surface area contributed by atoms with E-state index >= 15 is 0 Å². The molecule has 1 aromatic carbocycles. The van der Waals surface area contributed by atoms with Crippen LogP contribution in [0.1, 0.15) is 18.1 Å². The average molecular weight is 290 g/mol. The zero-order valence-corrected chi connectivity index (χ0v) is 12.6. The Morgan fingerprint density at radius 3 is 2.48 bits per heavy atom. The number of nitrogens with zero attached hydrogens (tertiary/aromatic N) is 1. The zero-order valence-electron chi connectivity index (χ0n) is 12.6. The van der Waals surface area contributed by atoms with Crippen LogP contribution in [0, 0.1) is 6.92 Å². The first-order chi connectivity index (χ1) is 10.1. The molecule has 1 N–H and O–H groups in total. The fourth-order valence-electron chi connectivity index (χ4n) is 2.30. The Bertz CT molecular complexity index is 493. The number of morpholine rings is 1. The van der Waals surface area contributed by atoms with E-state index in [1.54, 1.807) is 11.8 Å². The highest BCUT2D eigenvalue weighted by molar-refractivity contribution is 5.88. The summed E-state index contributed by atoms with van der Waals surface area (Å²) in [4.78, 5) is 25.9. The quantitative estimate of drug-likeness (QED) is 0.896. The maximum absolute atomic E-state index is 12.2. The highest BCUT2D eigenvalue weighted by Gasteiger charge is 2.23. The zero-order chi connectivity index (χ0) is 15.2. The minimum atomic E-state index is -0.499. The second-order valence-corrected chi connectivity index (χ2v) is 5.39. The number of carbonyl (C=O) groups is 2. The number of benzene rings is 1. The van der Waals surface area contributed by atoms with Gasteiger partial charge in [-0.3, -0.25) is 9.59 Å². The maximum Gasteiger partial charge on any atom is 0.245 e. The Morgan fingerprint density at radius 2 is 1.86 bits per heavy atom. The third-order valence-corrected chi connectivity index (χ3v) is 3.56. The van der Waals surface area contributed by atoms with Crippen LogP contribution < -0.4 is 5.32 Å². The van der Waals surface area contributed by atoms with Crippen molar-refractivity contribution in [1.29, 1.82) is 0 Å². The molecule has 2 amide bonds. The molecule has 0 bridgehead atoms. The predicted molar refractivity (Wildman–Crippen MR) is 79.9 cm³/mol. The largest absolute Gasteiger partial charge is 0.378 e. The number of hydrogen-bond acceptors (Lipinski definition) is 3. The van der Waals surface area contributed by atoms with E-state index in [0.29, 0.717) is 32.7 Å². The number of carbonyl (C=O) groups excluding carboxylic acids is 2. The van der Waals surface area contributed by atoms with Gasteiger partial charge in [0.25, 0.3) is 0 Å². The van der Waals surface area contributed by atoms with Crippen LogP contribution in [0.15, 0.2) is 24.3 Å². The number of ether oxygens (including phenoxy) is 1. The molecule has 1 aliphatic rings. The molecule has 1 aliphatic heterocycles. The maximum atomic E-state index is 12.2. The van der Waals surface area contributed by atoms with Gasteiger partial charge in [0.05, 0.1) is 19.6 Å². The van der Waals surface area contributed by atoms with Crippen molar-refractivity contribution in [3.05, 3.63) is 35.4 Å². The molecule has 1 heterocycles. The Hall–Kier alpha value is -1.88. The highest BCUT2D eigenvalue weighted by atomic mass is 16.5. The van der Waals surface area contributed by atoms with Gasteiger partial charge in [-0.25, -0.2) is 0 Å². The van der Waals surface area contributed by atoms with Crippen LogP contribution in [0.4, 0.5) is 0 Å². The van der Waals surface area contributed by atoms with E-state index in [0.717, 1.165) is 11.1 Å². The van der Waals surface area contributed by atoms with Crippen LogP contribution in [0.3, 0.4) is 0 Å². The summed E-state index contributed by atoms with van der Waals surface area (Å²) >= 11 is 0. The summed E-state index contributed by atoms with van der Waals surface area (Å²) < 4.78 is 5.22. The van der Waals surface area contributed by atoms with Gasteiger partial charge in [-0.15, -0.1) is 0 Å². The summed E-state index contributed by atoms with van der Waals surface area (Å²) in [7, 11) is 0. The molecular formula is C16H22N2O3. The van der Waals surface area contributed by atoms with Gasteiger partial charge < -0.3 is 15.0 Å². The third-order valence-electron chi connectivity index (χ3n) is 3.56. The number of aryl methyl sites for hydroxylation is 1. The molecule has 5 heteroatoms. The van der Waals surface area contributed by atoms with E-state index in [1.165, 1.54) is 0 Å². The van der Waals surface area contributed by atoms with Gasteiger partial charge in [-0.05, 0) is 19.4 Å². The summed E-state index contributed by atoms with van der Waals surface area (Å²) in [5.41, 5.74) is 2.11. The van der Waals surface area contributed by atoms with Crippen LogP contribution >= 0.6 is 0 Å². The number of amides is 2. The van der Waals surface area contributed by atoms with Gasteiger partial charge >= 0.3 is 0 Å². The van der Waals surface area contributed by atoms with Crippen molar-refractivity contribution < 1.29 is 14.3 Å². The number of hydrogen-bond donors (Lipinski definition) is 1. The fourth-order valence-corrected chi connectivity index (χ4v) is 2.30.